The van der Waals surface area contributed by atoms with Gasteiger partial charge in [-0.2, -0.15) is 0 Å². The highest BCUT2D eigenvalue weighted by Gasteiger charge is 2.54. The lowest BCUT2D eigenvalue weighted by molar-refractivity contribution is -0.147. The summed E-state index contributed by atoms with van der Waals surface area (Å²) in [6.45, 7) is -0.357. The molecule has 0 saturated heterocycles. The third kappa shape index (κ3) is 4.53. The van der Waals surface area contributed by atoms with Gasteiger partial charge in [0, 0.05) is 5.41 Å². The van der Waals surface area contributed by atoms with Crippen molar-refractivity contribution in [2.24, 2.45) is 23.2 Å². The highest BCUT2D eigenvalue weighted by atomic mass is 32.2. The molecule has 2 aromatic carbocycles. The fraction of sp³-hybridized carbons (Fsp3) is 0.462. The van der Waals surface area contributed by atoms with Crippen LogP contribution in [0.5, 0.6) is 5.75 Å². The molecule has 186 valence electrons. The van der Waals surface area contributed by atoms with Gasteiger partial charge in [-0.05, 0) is 86.6 Å². The first kappa shape index (κ1) is 23.8. The van der Waals surface area contributed by atoms with Gasteiger partial charge in [-0.1, -0.05) is 12.1 Å². The lowest BCUT2D eigenvalue weighted by atomic mass is 9.48. The van der Waals surface area contributed by atoms with E-state index in [2.05, 4.69) is 4.72 Å². The highest BCUT2D eigenvalue weighted by molar-refractivity contribution is 7.92. The maximum atomic E-state index is 14.5. The molecule has 0 amide bonds. The van der Waals surface area contributed by atoms with Gasteiger partial charge in [-0.3, -0.25) is 9.52 Å². The van der Waals surface area contributed by atoms with Gasteiger partial charge in [-0.15, -0.1) is 0 Å². The van der Waals surface area contributed by atoms with Crippen LogP contribution in [0, 0.1) is 29.0 Å². The lowest BCUT2D eigenvalue weighted by Gasteiger charge is -2.55. The van der Waals surface area contributed by atoms with Gasteiger partial charge in [0.15, 0.2) is 12.4 Å². The van der Waals surface area contributed by atoms with Crippen LogP contribution in [0.25, 0.3) is 0 Å². The molecule has 7 nitrogen and oxygen atoms in total. The standard InChI is InChI=1S/C26H28FNO6S/c1-33-22-5-3-2-4-21(22)28-35(31,32)23-11-19(6-7-20(23)27)25(30)34-15-24(29)26-12-16-8-17(13-26)10-18(9-16)14-26/h2-7,11,16-18,28H,8-10,12-15H2,1H3. The Kier molecular flexibility index (Phi) is 6.07. The lowest BCUT2D eigenvalue weighted by Crippen LogP contribution is -2.51. The number of hydrogen-bond acceptors (Lipinski definition) is 6. The van der Waals surface area contributed by atoms with E-state index in [4.69, 9.17) is 9.47 Å². The Labute approximate surface area is 204 Å². The number of nitrogens with one attached hydrogen (secondary N) is 1. The fourth-order valence-corrected chi connectivity index (χ4v) is 7.76. The van der Waals surface area contributed by atoms with Crippen molar-refractivity contribution in [3.05, 3.63) is 53.8 Å². The Morgan fingerprint density at radius 1 is 1.03 bits per heavy atom. The van der Waals surface area contributed by atoms with E-state index in [1.165, 1.54) is 32.4 Å². The fourth-order valence-electron chi connectivity index (χ4n) is 6.58. The Hall–Kier alpha value is -2.94. The summed E-state index contributed by atoms with van der Waals surface area (Å²) in [4.78, 5) is 25.1. The predicted octanol–water partition coefficient (Wildman–Crippen LogP) is 4.58. The summed E-state index contributed by atoms with van der Waals surface area (Å²) in [6, 6.07) is 9.27. The predicted molar refractivity (Wildman–Crippen MR) is 126 cm³/mol. The molecule has 0 atom stereocenters. The molecule has 0 unspecified atom stereocenters. The zero-order valence-electron chi connectivity index (χ0n) is 19.5. The minimum atomic E-state index is -4.37. The summed E-state index contributed by atoms with van der Waals surface area (Å²) in [5.74, 6) is 0.0721. The van der Waals surface area contributed by atoms with E-state index in [0.29, 0.717) is 17.8 Å². The normalized spacial score (nSPS) is 26.9. The number of carbonyl (C=O) groups is 2. The number of hydrogen-bond donors (Lipinski definition) is 1. The van der Waals surface area contributed by atoms with Crippen LogP contribution in [-0.2, 0) is 19.6 Å². The molecule has 0 radical (unpaired) electrons. The Morgan fingerprint density at radius 2 is 1.66 bits per heavy atom. The quantitative estimate of drug-likeness (QED) is 0.532. The first-order chi connectivity index (χ1) is 16.7. The average Bonchev–Trinajstić information content (AvgIpc) is 2.81. The molecule has 4 aliphatic carbocycles. The molecule has 0 spiro atoms. The summed E-state index contributed by atoms with van der Waals surface area (Å²) in [6.07, 6.45) is 6.18. The zero-order valence-corrected chi connectivity index (χ0v) is 20.3. The summed E-state index contributed by atoms with van der Waals surface area (Å²) in [5.41, 5.74) is -0.418. The van der Waals surface area contributed by atoms with Crippen molar-refractivity contribution in [3.63, 3.8) is 0 Å². The first-order valence-corrected chi connectivity index (χ1v) is 13.3. The molecule has 4 aliphatic rings. The largest absolute Gasteiger partial charge is 0.495 e. The molecule has 35 heavy (non-hydrogen) atoms. The molecule has 4 saturated carbocycles. The van der Waals surface area contributed by atoms with Crippen molar-refractivity contribution in [2.45, 2.75) is 43.4 Å². The van der Waals surface area contributed by atoms with E-state index in [9.17, 15) is 22.4 Å². The molecular formula is C26H28FNO6S. The van der Waals surface area contributed by atoms with Crippen molar-refractivity contribution in [1.29, 1.82) is 0 Å². The van der Waals surface area contributed by atoms with E-state index < -0.39 is 32.1 Å². The minimum Gasteiger partial charge on any atom is -0.495 e. The summed E-state index contributed by atoms with van der Waals surface area (Å²) in [5, 5.41) is 0. The SMILES string of the molecule is COc1ccccc1NS(=O)(=O)c1cc(C(=O)OCC(=O)C23CC4CC(CC(C4)C2)C3)ccc1F. The molecule has 2 aromatic rings. The summed E-state index contributed by atoms with van der Waals surface area (Å²) < 4.78 is 53.0. The second-order valence-electron chi connectivity index (χ2n) is 10.1. The van der Waals surface area contributed by atoms with Crippen LogP contribution in [0.2, 0.25) is 0 Å². The number of carbonyl (C=O) groups excluding carboxylic acids is 2. The zero-order chi connectivity index (χ0) is 24.8. The van der Waals surface area contributed by atoms with Crippen LogP contribution in [0.3, 0.4) is 0 Å². The second kappa shape index (κ2) is 8.93. The number of halogens is 1. The van der Waals surface area contributed by atoms with Crippen LogP contribution in [-0.4, -0.2) is 33.9 Å². The van der Waals surface area contributed by atoms with Crippen molar-refractivity contribution in [3.8, 4) is 5.75 Å². The molecule has 0 heterocycles. The van der Waals surface area contributed by atoms with Gasteiger partial charge in [0.25, 0.3) is 10.0 Å². The Bertz CT molecular complexity index is 1240. The van der Waals surface area contributed by atoms with E-state index in [0.717, 1.165) is 37.5 Å². The molecule has 4 bridgehead atoms. The number of esters is 1. The van der Waals surface area contributed by atoms with Crippen LogP contribution in [0.1, 0.15) is 48.9 Å². The maximum Gasteiger partial charge on any atom is 0.338 e. The van der Waals surface area contributed by atoms with Crippen molar-refractivity contribution >= 4 is 27.5 Å². The van der Waals surface area contributed by atoms with E-state index in [1.807, 2.05) is 0 Å². The van der Waals surface area contributed by atoms with Gasteiger partial charge in [0.1, 0.15) is 16.5 Å². The number of ketones is 1. The smallest absolute Gasteiger partial charge is 0.338 e. The van der Waals surface area contributed by atoms with E-state index in [1.54, 1.807) is 18.2 Å². The minimum absolute atomic E-state index is 0.0576. The molecule has 1 N–H and O–H groups in total. The monoisotopic (exact) mass is 501 g/mol. The number of anilines is 1. The molecular weight excluding hydrogens is 473 g/mol. The van der Waals surface area contributed by atoms with Gasteiger partial charge >= 0.3 is 5.97 Å². The number of sulfonamides is 1. The number of rotatable bonds is 8. The van der Waals surface area contributed by atoms with Crippen molar-refractivity contribution in [2.75, 3.05) is 18.4 Å². The summed E-state index contributed by atoms with van der Waals surface area (Å²) in [7, 11) is -2.99. The number of benzene rings is 2. The van der Waals surface area contributed by atoms with Gasteiger partial charge in [-0.25, -0.2) is 17.6 Å². The number of para-hydroxylation sites is 2. The first-order valence-electron chi connectivity index (χ1n) is 11.8. The average molecular weight is 502 g/mol. The van der Waals surface area contributed by atoms with Gasteiger partial charge < -0.3 is 9.47 Å². The number of ether oxygens (including phenoxy) is 2. The van der Waals surface area contributed by atoms with Crippen LogP contribution in [0.4, 0.5) is 10.1 Å². The molecule has 6 rings (SSSR count). The maximum absolute atomic E-state index is 14.5. The third-order valence-electron chi connectivity index (χ3n) is 7.77. The summed E-state index contributed by atoms with van der Waals surface area (Å²) >= 11 is 0. The third-order valence-corrected chi connectivity index (χ3v) is 9.15. The van der Waals surface area contributed by atoms with Gasteiger partial charge in [0.2, 0.25) is 0 Å². The van der Waals surface area contributed by atoms with E-state index in [-0.39, 0.29) is 29.4 Å². The van der Waals surface area contributed by atoms with Crippen LogP contribution >= 0.6 is 0 Å². The number of Topliss-reactive ketones (excluding diaryl/α,β-unsaturated/α-hetero) is 1. The topological polar surface area (TPSA) is 98.8 Å². The molecule has 0 aromatic heterocycles. The highest BCUT2D eigenvalue weighted by Crippen LogP contribution is 2.60. The van der Waals surface area contributed by atoms with Crippen molar-refractivity contribution in [1.82, 2.24) is 0 Å². The van der Waals surface area contributed by atoms with E-state index >= 15 is 0 Å². The number of methoxy groups -OCH3 is 1. The van der Waals surface area contributed by atoms with Crippen LogP contribution < -0.4 is 9.46 Å². The van der Waals surface area contributed by atoms with Crippen LogP contribution in [0.15, 0.2) is 47.4 Å². The Balaban J connectivity index is 1.29. The van der Waals surface area contributed by atoms with Gasteiger partial charge in [0.05, 0.1) is 18.4 Å². The molecule has 4 fully saturated rings. The second-order valence-corrected chi connectivity index (χ2v) is 11.8. The Morgan fingerprint density at radius 3 is 2.29 bits per heavy atom. The molecule has 9 heteroatoms. The van der Waals surface area contributed by atoms with Crippen molar-refractivity contribution < 1.29 is 31.9 Å². The molecule has 0 aliphatic heterocycles.